The first-order chi connectivity index (χ1) is 33.1. The summed E-state index contributed by atoms with van der Waals surface area (Å²) in [6, 6.07) is 69.8. The molecule has 1 unspecified atom stereocenters. The van der Waals surface area contributed by atoms with Crippen molar-refractivity contribution in [3.63, 3.8) is 0 Å². The summed E-state index contributed by atoms with van der Waals surface area (Å²) < 4.78 is 12.1. The summed E-state index contributed by atoms with van der Waals surface area (Å²) in [5, 5.41) is 14.7. The molecule has 0 radical (unpaired) electrons. The van der Waals surface area contributed by atoms with Crippen molar-refractivity contribution < 1.29 is 4.42 Å². The Morgan fingerprint density at radius 2 is 1.27 bits per heavy atom. The molecule has 4 heteroatoms. The van der Waals surface area contributed by atoms with Gasteiger partial charge in [-0.1, -0.05) is 153 Å². The number of rotatable bonds is 2. The van der Waals surface area contributed by atoms with E-state index in [1.54, 1.807) is 0 Å². The van der Waals surface area contributed by atoms with Gasteiger partial charge in [0.25, 0.3) is 0 Å². The minimum absolute atomic E-state index is 0.116. The highest BCUT2D eigenvalue weighted by Crippen LogP contribution is 2.48. The normalized spacial score (nSPS) is 18.0. The van der Waals surface area contributed by atoms with Gasteiger partial charge in [-0.25, -0.2) is 0 Å². The minimum Gasteiger partial charge on any atom is -0.456 e. The van der Waals surface area contributed by atoms with E-state index in [1.807, 2.05) is 11.3 Å². The van der Waals surface area contributed by atoms with Crippen LogP contribution in [0.4, 0.5) is 0 Å². The number of aliphatic imine (C=N–C) groups is 1. The van der Waals surface area contributed by atoms with Crippen molar-refractivity contribution in [2.24, 2.45) is 10.9 Å². The van der Waals surface area contributed by atoms with Gasteiger partial charge in [0.15, 0.2) is 0 Å². The Morgan fingerprint density at radius 3 is 2.15 bits per heavy atom. The largest absolute Gasteiger partial charge is 0.456 e. The van der Waals surface area contributed by atoms with Gasteiger partial charge < -0.3 is 8.98 Å². The monoisotopic (exact) mass is 872 g/mol. The number of aromatic nitrogens is 1. The fourth-order valence-corrected chi connectivity index (χ4v) is 12.8. The van der Waals surface area contributed by atoms with Crippen molar-refractivity contribution >= 4 is 125 Å². The summed E-state index contributed by atoms with van der Waals surface area (Å²) in [7, 11) is 0. The van der Waals surface area contributed by atoms with Gasteiger partial charge in [0.05, 0.1) is 28.1 Å². The molecule has 2 aliphatic rings. The number of benzene rings is 10. The molecule has 0 saturated heterocycles. The molecule has 2 aliphatic heterocycles. The van der Waals surface area contributed by atoms with E-state index < -0.39 is 0 Å². The predicted molar refractivity (Wildman–Crippen MR) is 285 cm³/mol. The zero-order chi connectivity index (χ0) is 43.9. The van der Waals surface area contributed by atoms with Crippen molar-refractivity contribution in [1.29, 1.82) is 0 Å². The third-order valence-corrected chi connectivity index (χ3v) is 16.0. The summed E-state index contributed by atoms with van der Waals surface area (Å²) in [4.78, 5) is 6.08. The van der Waals surface area contributed by atoms with Crippen LogP contribution in [0.15, 0.2) is 209 Å². The molecule has 3 nitrogen and oxygen atoms in total. The van der Waals surface area contributed by atoms with Crippen LogP contribution in [-0.4, -0.2) is 10.3 Å². The maximum atomic E-state index is 6.92. The number of nitrogens with zero attached hydrogens (tertiary/aromatic N) is 2. The molecule has 5 heterocycles. The Hall–Kier alpha value is -8.05. The first kappa shape index (κ1) is 37.2. The van der Waals surface area contributed by atoms with Crippen LogP contribution in [0.2, 0.25) is 0 Å². The molecule has 0 saturated carbocycles. The van der Waals surface area contributed by atoms with Gasteiger partial charge in [0, 0.05) is 76.8 Å². The molecule has 10 aromatic carbocycles. The molecular formula is C63H40N2OS. The summed E-state index contributed by atoms with van der Waals surface area (Å²) in [6.45, 7) is 2.37. The van der Waals surface area contributed by atoms with Gasteiger partial charge in [0.1, 0.15) is 11.2 Å². The van der Waals surface area contributed by atoms with Crippen molar-refractivity contribution in [2.45, 2.75) is 19.8 Å². The highest BCUT2D eigenvalue weighted by molar-refractivity contribution is 7.26. The summed E-state index contributed by atoms with van der Waals surface area (Å²) in [5.74, 6) is 0.116. The molecule has 1 atom stereocenters. The Bertz CT molecular complexity index is 4420. The molecule has 0 amide bonds. The van der Waals surface area contributed by atoms with Crippen LogP contribution >= 0.6 is 11.3 Å². The fourth-order valence-electron chi connectivity index (χ4n) is 11.6. The molecule has 0 aliphatic carbocycles. The average Bonchev–Trinajstić information content (AvgIpc) is 4.04. The Morgan fingerprint density at radius 1 is 0.537 bits per heavy atom. The number of fused-ring (bicyclic) bond motifs is 18. The van der Waals surface area contributed by atoms with Crippen molar-refractivity contribution in [2.75, 3.05) is 0 Å². The maximum Gasteiger partial charge on any atom is 0.137 e. The number of hydrogen-bond acceptors (Lipinski definition) is 3. The summed E-state index contributed by atoms with van der Waals surface area (Å²) in [6.07, 6.45) is 4.08. The van der Waals surface area contributed by atoms with Crippen molar-refractivity contribution in [1.82, 2.24) is 4.57 Å². The van der Waals surface area contributed by atoms with E-state index in [4.69, 9.17) is 9.41 Å². The van der Waals surface area contributed by atoms with Crippen LogP contribution in [-0.2, 0) is 6.42 Å². The summed E-state index contributed by atoms with van der Waals surface area (Å²) in [5.41, 5.74) is 14.7. The van der Waals surface area contributed by atoms with Crippen LogP contribution < -0.4 is 0 Å². The summed E-state index contributed by atoms with van der Waals surface area (Å²) >= 11 is 1.88. The van der Waals surface area contributed by atoms with E-state index in [2.05, 4.69) is 206 Å². The van der Waals surface area contributed by atoms with Crippen LogP contribution in [0.1, 0.15) is 35.6 Å². The Balaban J connectivity index is 1.10. The Labute approximate surface area is 389 Å². The second-order valence-electron chi connectivity index (χ2n) is 18.6. The number of allylic oxidation sites excluding steroid dienone is 3. The molecule has 314 valence electrons. The van der Waals surface area contributed by atoms with E-state index in [9.17, 15) is 0 Å². The van der Waals surface area contributed by atoms with Crippen LogP contribution in [0.5, 0.6) is 0 Å². The number of hydrogen-bond donors (Lipinski definition) is 0. The van der Waals surface area contributed by atoms with E-state index in [-0.39, 0.29) is 5.92 Å². The minimum atomic E-state index is 0.116. The quantitative estimate of drug-likeness (QED) is 0.170. The van der Waals surface area contributed by atoms with Crippen LogP contribution in [0.3, 0.4) is 0 Å². The van der Waals surface area contributed by atoms with Gasteiger partial charge >= 0.3 is 0 Å². The smallest absolute Gasteiger partial charge is 0.137 e. The van der Waals surface area contributed by atoms with Crippen molar-refractivity contribution in [3.05, 3.63) is 222 Å². The lowest BCUT2D eigenvalue weighted by molar-refractivity contribution is 0.669. The van der Waals surface area contributed by atoms with Crippen molar-refractivity contribution in [3.8, 4) is 5.69 Å². The SMILES string of the molecule is CC1C/C=C2/C(=C(c3ccc4ccccc4c3)\N=C/1c1cccc3c1sc1ccccc13)Cc1ccc3c4cc5ccccc5cc4n(c3c1)-c1cc3oc4ccc5ccccc5c4c3cc12. The number of furan rings is 1. The second-order valence-corrected chi connectivity index (χ2v) is 19.7. The lowest BCUT2D eigenvalue weighted by Crippen LogP contribution is -2.16. The van der Waals surface area contributed by atoms with Crippen LogP contribution in [0, 0.1) is 5.92 Å². The molecule has 0 spiro atoms. The predicted octanol–water partition coefficient (Wildman–Crippen LogP) is 17.4. The highest BCUT2D eigenvalue weighted by Gasteiger charge is 2.29. The van der Waals surface area contributed by atoms with Gasteiger partial charge in [-0.3, -0.25) is 4.99 Å². The number of thiophene rings is 1. The fraction of sp³-hybridized carbons (Fsp3) is 0.0635. The zero-order valence-electron chi connectivity index (χ0n) is 36.7. The lowest BCUT2D eigenvalue weighted by Gasteiger charge is -2.25. The molecule has 3 aromatic heterocycles. The first-order valence-corrected chi connectivity index (χ1v) is 24.2. The lowest BCUT2D eigenvalue weighted by atomic mass is 9.84. The standard InChI is InChI=1S/C63H40N2OS/c1-36-21-26-45-51-34-53-58(66-57-28-25-39-12-6-7-16-44(39)60(53)57)35-56(51)65-54-30-37(22-27-46(54)50-32-41-14-4-5-15-42(41)33-55(50)65)29-52(45)62(43-24-23-38-11-2-3-13-40(38)31-43)64-61(36)49-19-10-18-48-47-17-8-9-20-59(47)67-63(48)49/h2-20,22-28,30-36H,21,29H2,1H3/b45-26+,62-52-,64-61+. The van der Waals surface area contributed by atoms with E-state index in [0.717, 1.165) is 51.0 Å². The van der Waals surface area contributed by atoms with Crippen LogP contribution in [0.25, 0.3) is 113 Å². The van der Waals surface area contributed by atoms with Gasteiger partial charge in [-0.15, -0.1) is 11.3 Å². The molecule has 2 bridgehead atoms. The molecule has 15 rings (SSSR count). The third-order valence-electron chi connectivity index (χ3n) is 14.8. The van der Waals surface area contributed by atoms with E-state index in [1.165, 1.54) is 102 Å². The van der Waals surface area contributed by atoms with E-state index in [0.29, 0.717) is 6.42 Å². The third kappa shape index (κ3) is 5.48. The second kappa shape index (κ2) is 14.0. The maximum absolute atomic E-state index is 6.92. The highest BCUT2D eigenvalue weighted by atomic mass is 32.1. The zero-order valence-corrected chi connectivity index (χ0v) is 37.5. The van der Waals surface area contributed by atoms with Gasteiger partial charge in [-0.2, -0.15) is 0 Å². The average molecular weight is 873 g/mol. The molecular weight excluding hydrogens is 833 g/mol. The molecule has 13 aromatic rings. The Kier molecular flexibility index (Phi) is 7.76. The molecule has 0 N–H and O–H groups in total. The topological polar surface area (TPSA) is 30.4 Å². The van der Waals surface area contributed by atoms with Gasteiger partial charge in [0.2, 0.25) is 0 Å². The first-order valence-electron chi connectivity index (χ1n) is 23.4. The van der Waals surface area contributed by atoms with E-state index >= 15 is 0 Å². The molecule has 0 fully saturated rings. The van der Waals surface area contributed by atoms with Gasteiger partial charge in [-0.05, 0) is 97.9 Å². The molecule has 67 heavy (non-hydrogen) atoms.